The summed E-state index contributed by atoms with van der Waals surface area (Å²) in [7, 11) is 0. The van der Waals surface area contributed by atoms with Crippen LogP contribution in [0.15, 0.2) is 22.7 Å². The number of benzene rings is 1. The van der Waals surface area contributed by atoms with Crippen LogP contribution in [0.4, 0.5) is 5.82 Å². The van der Waals surface area contributed by atoms with Crippen molar-refractivity contribution in [1.29, 1.82) is 0 Å². The van der Waals surface area contributed by atoms with Crippen LogP contribution >= 0.6 is 0 Å². The van der Waals surface area contributed by atoms with Gasteiger partial charge in [-0.15, -0.1) is 0 Å². The Balaban J connectivity index is 2.02. The summed E-state index contributed by atoms with van der Waals surface area (Å²) in [4.78, 5) is 0. The van der Waals surface area contributed by atoms with Gasteiger partial charge < -0.3 is 15.0 Å². The minimum absolute atomic E-state index is 0.314. The Morgan fingerprint density at radius 2 is 2.00 bits per heavy atom. The number of anilines is 1. The van der Waals surface area contributed by atoms with Gasteiger partial charge in [-0.3, -0.25) is 0 Å². The molecule has 1 fully saturated rings. The molecule has 1 heterocycles. The number of nitrogens with zero attached hydrogens (tertiary/aromatic N) is 1. The molecule has 4 nitrogen and oxygen atoms in total. The second kappa shape index (κ2) is 5.19. The second-order valence-corrected chi connectivity index (χ2v) is 5.52. The first kappa shape index (κ1) is 13.0. The molecule has 0 bridgehead atoms. The molecule has 3 rings (SSSR count). The van der Waals surface area contributed by atoms with E-state index in [9.17, 15) is 0 Å². The third-order valence-electron chi connectivity index (χ3n) is 4.06. The Labute approximate surface area is 118 Å². The topological polar surface area (TPSA) is 61.3 Å². The predicted octanol–water partition coefficient (Wildman–Crippen LogP) is 3.86. The van der Waals surface area contributed by atoms with Gasteiger partial charge in [0.25, 0.3) is 0 Å². The molecule has 2 aromatic rings. The number of nitrogens with two attached hydrogens (primary N) is 1. The summed E-state index contributed by atoms with van der Waals surface area (Å²) < 4.78 is 11.5. The fourth-order valence-electron chi connectivity index (χ4n) is 2.72. The maximum atomic E-state index is 6.25. The molecule has 1 aromatic carbocycles. The predicted molar refractivity (Wildman–Crippen MR) is 78.7 cm³/mol. The maximum absolute atomic E-state index is 6.25. The van der Waals surface area contributed by atoms with Crippen LogP contribution in [0.3, 0.4) is 0 Å². The van der Waals surface area contributed by atoms with Gasteiger partial charge in [0.1, 0.15) is 5.75 Å². The van der Waals surface area contributed by atoms with Crippen molar-refractivity contribution in [3.63, 3.8) is 0 Å². The van der Waals surface area contributed by atoms with Crippen molar-refractivity contribution >= 4 is 5.82 Å². The summed E-state index contributed by atoms with van der Waals surface area (Å²) in [6.07, 6.45) is 5.08. The van der Waals surface area contributed by atoms with E-state index in [0.29, 0.717) is 17.7 Å². The number of ether oxygens (including phenoxy) is 1. The highest BCUT2D eigenvalue weighted by atomic mass is 16.5. The SMILES string of the molecule is Cc1ccc(-c2cc(N)no2)c(OC2CCCC2)c1C. The van der Waals surface area contributed by atoms with Crippen molar-refractivity contribution in [2.24, 2.45) is 0 Å². The summed E-state index contributed by atoms with van der Waals surface area (Å²) in [5.74, 6) is 1.97. The van der Waals surface area contributed by atoms with E-state index in [4.69, 9.17) is 15.0 Å². The molecule has 106 valence electrons. The Morgan fingerprint density at radius 3 is 2.65 bits per heavy atom. The van der Waals surface area contributed by atoms with Gasteiger partial charge in [0.15, 0.2) is 11.6 Å². The van der Waals surface area contributed by atoms with E-state index in [1.165, 1.54) is 18.4 Å². The van der Waals surface area contributed by atoms with Gasteiger partial charge in [-0.05, 0) is 56.7 Å². The summed E-state index contributed by atoms with van der Waals surface area (Å²) in [6.45, 7) is 4.18. The zero-order valence-corrected chi connectivity index (χ0v) is 12.0. The normalized spacial score (nSPS) is 15.7. The molecule has 1 aliphatic carbocycles. The van der Waals surface area contributed by atoms with Crippen molar-refractivity contribution in [3.8, 4) is 17.1 Å². The molecular formula is C16H20N2O2. The zero-order chi connectivity index (χ0) is 14.1. The first-order valence-electron chi connectivity index (χ1n) is 7.14. The van der Waals surface area contributed by atoms with Crippen LogP contribution in [0.2, 0.25) is 0 Å². The Morgan fingerprint density at radius 1 is 1.25 bits per heavy atom. The second-order valence-electron chi connectivity index (χ2n) is 5.52. The van der Waals surface area contributed by atoms with Gasteiger partial charge in [-0.2, -0.15) is 0 Å². The molecular weight excluding hydrogens is 252 g/mol. The first-order chi connectivity index (χ1) is 9.65. The number of aryl methyl sites for hydroxylation is 1. The van der Waals surface area contributed by atoms with Gasteiger partial charge in [-0.25, -0.2) is 0 Å². The minimum Gasteiger partial charge on any atom is -0.489 e. The van der Waals surface area contributed by atoms with Crippen molar-refractivity contribution < 1.29 is 9.26 Å². The lowest BCUT2D eigenvalue weighted by Gasteiger charge is -2.19. The quantitative estimate of drug-likeness (QED) is 0.921. The molecule has 1 aromatic heterocycles. The van der Waals surface area contributed by atoms with Gasteiger partial charge in [-0.1, -0.05) is 11.2 Å². The fourth-order valence-corrected chi connectivity index (χ4v) is 2.72. The van der Waals surface area contributed by atoms with Crippen molar-refractivity contribution in [2.75, 3.05) is 5.73 Å². The average molecular weight is 272 g/mol. The van der Waals surface area contributed by atoms with E-state index >= 15 is 0 Å². The molecule has 1 aliphatic rings. The van der Waals surface area contributed by atoms with E-state index < -0.39 is 0 Å². The van der Waals surface area contributed by atoms with Crippen molar-refractivity contribution in [3.05, 3.63) is 29.3 Å². The molecule has 0 unspecified atom stereocenters. The maximum Gasteiger partial charge on any atom is 0.172 e. The number of nitrogen functional groups attached to an aromatic ring is 1. The van der Waals surface area contributed by atoms with E-state index in [1.54, 1.807) is 6.07 Å². The summed E-state index contributed by atoms with van der Waals surface area (Å²) in [5, 5.41) is 3.77. The Hall–Kier alpha value is -1.97. The van der Waals surface area contributed by atoms with E-state index in [-0.39, 0.29) is 0 Å². The molecule has 0 radical (unpaired) electrons. The third kappa shape index (κ3) is 2.38. The smallest absolute Gasteiger partial charge is 0.172 e. The lowest BCUT2D eigenvalue weighted by molar-refractivity contribution is 0.209. The van der Waals surface area contributed by atoms with Crippen molar-refractivity contribution in [2.45, 2.75) is 45.6 Å². The third-order valence-corrected chi connectivity index (χ3v) is 4.06. The van der Waals surface area contributed by atoms with E-state index in [1.807, 2.05) is 6.07 Å². The summed E-state index contributed by atoms with van der Waals surface area (Å²) >= 11 is 0. The summed E-state index contributed by atoms with van der Waals surface area (Å²) in [5.41, 5.74) is 8.96. The zero-order valence-electron chi connectivity index (χ0n) is 12.0. The molecule has 4 heteroatoms. The minimum atomic E-state index is 0.314. The molecule has 0 saturated heterocycles. The van der Waals surface area contributed by atoms with Gasteiger partial charge in [0.05, 0.1) is 11.7 Å². The largest absolute Gasteiger partial charge is 0.489 e. The van der Waals surface area contributed by atoms with Crippen molar-refractivity contribution in [1.82, 2.24) is 5.16 Å². The first-order valence-corrected chi connectivity index (χ1v) is 7.14. The van der Waals surface area contributed by atoms with Gasteiger partial charge >= 0.3 is 0 Å². The summed E-state index contributed by atoms with van der Waals surface area (Å²) in [6, 6.07) is 5.84. The number of rotatable bonds is 3. The monoisotopic (exact) mass is 272 g/mol. The highest BCUT2D eigenvalue weighted by Gasteiger charge is 2.21. The Kier molecular flexibility index (Phi) is 3.38. The highest BCUT2D eigenvalue weighted by Crippen LogP contribution is 2.37. The average Bonchev–Trinajstić information content (AvgIpc) is 3.07. The van der Waals surface area contributed by atoms with E-state index in [2.05, 4.69) is 25.1 Å². The number of aromatic nitrogens is 1. The fraction of sp³-hybridized carbons (Fsp3) is 0.438. The number of hydrogen-bond acceptors (Lipinski definition) is 4. The van der Waals surface area contributed by atoms with Gasteiger partial charge in [0, 0.05) is 6.07 Å². The molecule has 2 N–H and O–H groups in total. The Bertz CT molecular complexity index is 613. The number of hydrogen-bond donors (Lipinski definition) is 1. The van der Waals surface area contributed by atoms with Crippen LogP contribution in [0.1, 0.15) is 36.8 Å². The van der Waals surface area contributed by atoms with Crippen LogP contribution in [0.5, 0.6) is 5.75 Å². The molecule has 0 aliphatic heterocycles. The highest BCUT2D eigenvalue weighted by molar-refractivity contribution is 5.70. The molecule has 20 heavy (non-hydrogen) atoms. The lowest BCUT2D eigenvalue weighted by atomic mass is 10.0. The standard InChI is InChI=1S/C16H20N2O2/c1-10-7-8-13(14-9-15(17)18-20-14)16(11(10)2)19-12-5-3-4-6-12/h7-9,12H,3-6H2,1-2H3,(H2,17,18). The van der Waals surface area contributed by atoms with Crippen LogP contribution in [0.25, 0.3) is 11.3 Å². The van der Waals surface area contributed by atoms with Gasteiger partial charge in [0.2, 0.25) is 0 Å². The van der Waals surface area contributed by atoms with Crippen LogP contribution in [0, 0.1) is 13.8 Å². The lowest BCUT2D eigenvalue weighted by Crippen LogP contribution is -2.12. The van der Waals surface area contributed by atoms with E-state index in [0.717, 1.165) is 29.7 Å². The molecule has 0 atom stereocenters. The van der Waals surface area contributed by atoms with Crippen LogP contribution in [-0.2, 0) is 0 Å². The molecule has 0 spiro atoms. The molecule has 0 amide bonds. The van der Waals surface area contributed by atoms with Crippen LogP contribution < -0.4 is 10.5 Å². The molecule has 1 saturated carbocycles. The van der Waals surface area contributed by atoms with Crippen LogP contribution in [-0.4, -0.2) is 11.3 Å².